The summed E-state index contributed by atoms with van der Waals surface area (Å²) >= 11 is 5.60. The molecule has 0 aromatic heterocycles. The standard InChI is InChI=1S/C15H23N3O3S3/c1-2-15(22-9-3-6-16-12-19,23-10-4-7-17-13-20)24-11-5-8-18-14-21/h2-11H2,1H3. The quantitative estimate of drug-likeness (QED) is 0.174. The first-order valence-corrected chi connectivity index (χ1v) is 10.7. The first-order chi connectivity index (χ1) is 11.7. The fraction of sp³-hybridized carbons (Fsp3) is 0.800. The molecule has 0 aliphatic rings. The van der Waals surface area contributed by atoms with Crippen LogP contribution in [0.4, 0.5) is 0 Å². The molecule has 24 heavy (non-hydrogen) atoms. The molecule has 0 aromatic carbocycles. The first-order valence-electron chi connectivity index (χ1n) is 7.77. The lowest BCUT2D eigenvalue weighted by molar-refractivity contribution is 0.562. The molecule has 0 spiro atoms. The molecule has 0 unspecified atom stereocenters. The smallest absolute Gasteiger partial charge is 0.211 e. The lowest BCUT2D eigenvalue weighted by Gasteiger charge is -2.31. The Hall–Kier alpha value is -0.810. The van der Waals surface area contributed by atoms with Crippen molar-refractivity contribution in [1.29, 1.82) is 0 Å². The van der Waals surface area contributed by atoms with Crippen LogP contribution in [0.3, 0.4) is 0 Å². The van der Waals surface area contributed by atoms with Crippen LogP contribution >= 0.6 is 35.3 Å². The van der Waals surface area contributed by atoms with Gasteiger partial charge in [0.05, 0.1) is 19.6 Å². The third kappa shape index (κ3) is 12.6. The average Bonchev–Trinajstić information content (AvgIpc) is 2.60. The van der Waals surface area contributed by atoms with E-state index in [1.165, 1.54) is 0 Å². The summed E-state index contributed by atoms with van der Waals surface area (Å²) in [6.07, 6.45) is 8.18. The van der Waals surface area contributed by atoms with Crippen LogP contribution < -0.4 is 0 Å². The summed E-state index contributed by atoms with van der Waals surface area (Å²) in [7, 11) is 0. The van der Waals surface area contributed by atoms with Gasteiger partial charge < -0.3 is 0 Å². The highest BCUT2D eigenvalue weighted by Crippen LogP contribution is 2.50. The lowest BCUT2D eigenvalue weighted by atomic mass is 10.5. The summed E-state index contributed by atoms with van der Waals surface area (Å²) in [4.78, 5) is 41.0. The van der Waals surface area contributed by atoms with E-state index >= 15 is 0 Å². The van der Waals surface area contributed by atoms with Gasteiger partial charge in [0.25, 0.3) is 0 Å². The van der Waals surface area contributed by atoms with Crippen molar-refractivity contribution in [1.82, 2.24) is 0 Å². The Morgan fingerprint density at radius 2 is 1.04 bits per heavy atom. The van der Waals surface area contributed by atoms with Crippen LogP contribution in [0.5, 0.6) is 0 Å². The summed E-state index contributed by atoms with van der Waals surface area (Å²) in [5.74, 6) is 2.74. The largest absolute Gasteiger partial charge is 0.234 e. The third-order valence-electron chi connectivity index (χ3n) is 2.84. The Morgan fingerprint density at radius 3 is 1.29 bits per heavy atom. The highest BCUT2D eigenvalue weighted by Gasteiger charge is 2.29. The van der Waals surface area contributed by atoms with Crippen LogP contribution in [-0.2, 0) is 14.4 Å². The zero-order valence-corrected chi connectivity index (χ0v) is 16.3. The summed E-state index contributed by atoms with van der Waals surface area (Å²) < 4.78 is 0.0146. The molecule has 0 bridgehead atoms. The van der Waals surface area contributed by atoms with Gasteiger partial charge in [-0.25, -0.2) is 29.4 Å². The van der Waals surface area contributed by atoms with Crippen LogP contribution in [-0.4, -0.2) is 58.5 Å². The van der Waals surface area contributed by atoms with Crippen molar-refractivity contribution < 1.29 is 14.4 Å². The molecule has 0 radical (unpaired) electrons. The zero-order chi connectivity index (χ0) is 17.9. The van der Waals surface area contributed by atoms with Gasteiger partial charge in [-0.05, 0) is 42.9 Å². The second-order valence-electron chi connectivity index (χ2n) is 4.56. The Kier molecular flexibility index (Phi) is 16.5. The van der Waals surface area contributed by atoms with Crippen LogP contribution in [0.2, 0.25) is 0 Å². The van der Waals surface area contributed by atoms with Gasteiger partial charge in [-0.15, -0.1) is 35.3 Å². The van der Waals surface area contributed by atoms with Crippen molar-refractivity contribution in [2.75, 3.05) is 36.9 Å². The SMILES string of the molecule is CCC(SCCCN=C=O)(SCCCN=C=O)SCCCN=C=O. The molecule has 0 N–H and O–H groups in total. The predicted molar refractivity (Wildman–Crippen MR) is 103 cm³/mol. The molecule has 0 saturated heterocycles. The monoisotopic (exact) mass is 389 g/mol. The van der Waals surface area contributed by atoms with E-state index in [4.69, 9.17) is 0 Å². The van der Waals surface area contributed by atoms with E-state index in [0.29, 0.717) is 19.6 Å². The van der Waals surface area contributed by atoms with Crippen molar-refractivity contribution in [3.8, 4) is 0 Å². The highest BCUT2D eigenvalue weighted by atomic mass is 32.3. The Balaban J connectivity index is 4.44. The fourth-order valence-electron chi connectivity index (χ4n) is 1.68. The normalized spacial score (nSPS) is 12.4. The molecule has 0 fully saturated rings. The third-order valence-corrected chi connectivity index (χ3v) is 8.62. The van der Waals surface area contributed by atoms with E-state index in [9.17, 15) is 14.4 Å². The zero-order valence-electron chi connectivity index (χ0n) is 13.9. The molecular weight excluding hydrogens is 366 g/mol. The molecule has 0 aromatic rings. The summed E-state index contributed by atoms with van der Waals surface area (Å²) in [5.41, 5.74) is 0. The molecule has 134 valence electrons. The van der Waals surface area contributed by atoms with Gasteiger partial charge in [0.15, 0.2) is 0 Å². The van der Waals surface area contributed by atoms with Crippen molar-refractivity contribution in [2.45, 2.75) is 36.0 Å². The van der Waals surface area contributed by atoms with Gasteiger partial charge in [0, 0.05) is 0 Å². The maximum atomic E-state index is 10.1. The maximum Gasteiger partial charge on any atom is 0.234 e. The number of hydrogen-bond acceptors (Lipinski definition) is 9. The number of aliphatic imine (C=N–C) groups is 3. The van der Waals surface area contributed by atoms with Crippen LogP contribution in [0.1, 0.15) is 32.6 Å². The molecule has 0 amide bonds. The minimum Gasteiger partial charge on any atom is -0.211 e. The Morgan fingerprint density at radius 1 is 0.708 bits per heavy atom. The number of hydrogen-bond donors (Lipinski definition) is 0. The number of carbonyl (C=O) groups excluding carboxylic acids is 3. The van der Waals surface area contributed by atoms with E-state index in [1.54, 1.807) is 18.2 Å². The average molecular weight is 390 g/mol. The molecule has 0 aliphatic heterocycles. The number of isocyanates is 3. The molecule has 0 atom stereocenters. The van der Waals surface area contributed by atoms with Gasteiger partial charge in [0.2, 0.25) is 18.2 Å². The topological polar surface area (TPSA) is 88.3 Å². The molecule has 0 heterocycles. The molecule has 0 saturated carbocycles. The van der Waals surface area contributed by atoms with Crippen molar-refractivity contribution in [2.24, 2.45) is 15.0 Å². The van der Waals surface area contributed by atoms with Crippen molar-refractivity contribution >= 4 is 53.5 Å². The second-order valence-corrected chi connectivity index (χ2v) is 9.52. The van der Waals surface area contributed by atoms with Crippen LogP contribution in [0, 0.1) is 0 Å². The van der Waals surface area contributed by atoms with Crippen LogP contribution in [0.25, 0.3) is 0 Å². The van der Waals surface area contributed by atoms with Gasteiger partial charge in [-0.2, -0.15) is 0 Å². The van der Waals surface area contributed by atoms with E-state index in [-0.39, 0.29) is 3.41 Å². The fourth-order valence-corrected chi connectivity index (χ4v) is 6.55. The predicted octanol–water partition coefficient (Wildman–Crippen LogP) is 3.43. The van der Waals surface area contributed by atoms with Gasteiger partial charge >= 0.3 is 0 Å². The Bertz CT molecular complexity index is 407. The summed E-state index contributed by atoms with van der Waals surface area (Å²) in [5, 5.41) is 0. The molecule has 9 heteroatoms. The van der Waals surface area contributed by atoms with E-state index < -0.39 is 0 Å². The van der Waals surface area contributed by atoms with Gasteiger partial charge in [-0.3, -0.25) is 0 Å². The van der Waals surface area contributed by atoms with E-state index in [1.807, 2.05) is 35.3 Å². The first kappa shape index (κ1) is 23.2. The number of thioether (sulfide) groups is 3. The minimum absolute atomic E-state index is 0.0146. The summed E-state index contributed by atoms with van der Waals surface area (Å²) in [6.45, 7) is 3.68. The van der Waals surface area contributed by atoms with E-state index in [0.717, 1.165) is 42.9 Å². The second kappa shape index (κ2) is 17.0. The lowest BCUT2D eigenvalue weighted by Crippen LogP contribution is -2.17. The maximum absolute atomic E-state index is 10.1. The van der Waals surface area contributed by atoms with Gasteiger partial charge in [-0.1, -0.05) is 6.92 Å². The molecule has 0 aliphatic carbocycles. The van der Waals surface area contributed by atoms with Crippen molar-refractivity contribution in [3.63, 3.8) is 0 Å². The molecule has 6 nitrogen and oxygen atoms in total. The molecule has 0 rings (SSSR count). The van der Waals surface area contributed by atoms with Crippen molar-refractivity contribution in [3.05, 3.63) is 0 Å². The van der Waals surface area contributed by atoms with Crippen LogP contribution in [0.15, 0.2) is 15.0 Å². The summed E-state index contributed by atoms with van der Waals surface area (Å²) in [6, 6.07) is 0. The number of rotatable bonds is 16. The highest BCUT2D eigenvalue weighted by molar-refractivity contribution is 8.33. The van der Waals surface area contributed by atoms with Gasteiger partial charge in [0.1, 0.15) is 3.41 Å². The minimum atomic E-state index is 0.0146. The Labute approximate surface area is 155 Å². The number of nitrogens with zero attached hydrogens (tertiary/aromatic N) is 3. The van der Waals surface area contributed by atoms with E-state index in [2.05, 4.69) is 21.9 Å². The molecular formula is C15H23N3O3S3.